The normalized spacial score (nSPS) is 19.8. The zero-order valence-electron chi connectivity index (χ0n) is 15.8. The second-order valence-electron chi connectivity index (χ2n) is 6.97. The average Bonchev–Trinajstić information content (AvgIpc) is 3.03. The highest BCUT2D eigenvalue weighted by Crippen LogP contribution is 2.34. The van der Waals surface area contributed by atoms with Gasteiger partial charge in [-0.2, -0.15) is 0 Å². The van der Waals surface area contributed by atoms with E-state index in [-0.39, 0.29) is 19.5 Å². The Labute approximate surface area is 168 Å². The smallest absolute Gasteiger partial charge is 0.405 e. The zero-order chi connectivity index (χ0) is 20.9. The van der Waals surface area contributed by atoms with Crippen molar-refractivity contribution < 1.29 is 29.6 Å². The topological polar surface area (TPSA) is 119 Å². The fourth-order valence-electron chi connectivity index (χ4n) is 3.48. The molecule has 0 aromatic heterocycles. The van der Waals surface area contributed by atoms with Gasteiger partial charge in [0.1, 0.15) is 17.9 Å². The zero-order valence-corrected chi connectivity index (χ0v) is 15.8. The second-order valence-corrected chi connectivity index (χ2v) is 6.97. The summed E-state index contributed by atoms with van der Waals surface area (Å²) in [7, 11) is 0. The van der Waals surface area contributed by atoms with Crippen LogP contribution in [0.25, 0.3) is 0 Å². The molecule has 3 rings (SSSR count). The molecule has 2 aromatic rings. The van der Waals surface area contributed by atoms with Crippen LogP contribution >= 0.6 is 0 Å². The quantitative estimate of drug-likeness (QED) is 0.531. The summed E-state index contributed by atoms with van der Waals surface area (Å²) in [5.74, 6) is 0.145. The Bertz CT molecular complexity index is 842. The predicted octanol–water partition coefficient (Wildman–Crippen LogP) is 1.31. The van der Waals surface area contributed by atoms with Crippen molar-refractivity contribution in [3.8, 4) is 5.75 Å². The Morgan fingerprint density at radius 1 is 1.17 bits per heavy atom. The van der Waals surface area contributed by atoms with E-state index in [0.717, 1.165) is 5.56 Å². The van der Waals surface area contributed by atoms with Crippen LogP contribution in [0, 0.1) is 0 Å². The average molecular weight is 400 g/mol. The fourth-order valence-corrected chi connectivity index (χ4v) is 3.48. The highest BCUT2D eigenvalue weighted by atomic mass is 16.5. The first-order chi connectivity index (χ1) is 13.9. The molecular formula is C21H24N2O6. The van der Waals surface area contributed by atoms with Crippen LogP contribution in [0.2, 0.25) is 0 Å². The van der Waals surface area contributed by atoms with Gasteiger partial charge in [-0.15, -0.1) is 0 Å². The summed E-state index contributed by atoms with van der Waals surface area (Å²) in [5, 5.41) is 30.3. The van der Waals surface area contributed by atoms with Crippen molar-refractivity contribution in [2.45, 2.75) is 24.7 Å². The van der Waals surface area contributed by atoms with Crippen LogP contribution in [0.1, 0.15) is 17.5 Å². The number of nitrogens with one attached hydrogen (secondary N) is 1. The highest BCUT2D eigenvalue weighted by molar-refractivity contribution is 5.92. The van der Waals surface area contributed by atoms with Crippen molar-refractivity contribution in [2.75, 3.05) is 19.7 Å². The van der Waals surface area contributed by atoms with Crippen molar-refractivity contribution in [2.24, 2.45) is 0 Å². The van der Waals surface area contributed by atoms with Gasteiger partial charge in [-0.25, -0.2) is 4.79 Å². The molecule has 1 aliphatic rings. The number of hydrogen-bond acceptors (Lipinski definition) is 5. The Morgan fingerprint density at radius 2 is 1.86 bits per heavy atom. The lowest BCUT2D eigenvalue weighted by atomic mass is 9.88. The van der Waals surface area contributed by atoms with Crippen LogP contribution in [0.4, 0.5) is 4.79 Å². The third-order valence-corrected chi connectivity index (χ3v) is 4.97. The number of β-amino-alcohol motifs (C(OH)–C–C–N with tert-alkyl or cyclic N) is 1. The molecule has 2 unspecified atom stereocenters. The molecular weight excluding hydrogens is 376 g/mol. The maximum atomic E-state index is 13.0. The van der Waals surface area contributed by atoms with Gasteiger partial charge in [0.2, 0.25) is 0 Å². The molecule has 8 heteroatoms. The number of benzene rings is 2. The summed E-state index contributed by atoms with van der Waals surface area (Å²) in [6.07, 6.45) is -2.17. The minimum absolute atomic E-state index is 0.0589. The molecule has 1 saturated heterocycles. The first-order valence-corrected chi connectivity index (χ1v) is 9.31. The lowest BCUT2D eigenvalue weighted by molar-refractivity contribution is -0.134. The summed E-state index contributed by atoms with van der Waals surface area (Å²) >= 11 is 0. The van der Waals surface area contributed by atoms with E-state index in [4.69, 9.17) is 9.84 Å². The van der Waals surface area contributed by atoms with E-state index >= 15 is 0 Å². The van der Waals surface area contributed by atoms with Gasteiger partial charge in [-0.1, -0.05) is 42.5 Å². The summed E-state index contributed by atoms with van der Waals surface area (Å²) < 4.78 is 5.75. The van der Waals surface area contributed by atoms with Crippen molar-refractivity contribution in [1.29, 1.82) is 0 Å². The van der Waals surface area contributed by atoms with E-state index in [9.17, 15) is 19.8 Å². The molecule has 29 heavy (non-hydrogen) atoms. The highest BCUT2D eigenvalue weighted by Gasteiger charge is 2.49. The SMILES string of the molecule is O=C(O)NC1(c2ccc(OCc3ccccc3)cc2)CCN(CC(O)CO)C1=O. The Morgan fingerprint density at radius 3 is 2.48 bits per heavy atom. The van der Waals surface area contributed by atoms with Gasteiger partial charge >= 0.3 is 6.09 Å². The van der Waals surface area contributed by atoms with Crippen LogP contribution in [0.3, 0.4) is 0 Å². The number of aliphatic hydroxyl groups is 2. The molecule has 2 atom stereocenters. The van der Waals surface area contributed by atoms with E-state index < -0.39 is 30.3 Å². The van der Waals surface area contributed by atoms with Gasteiger partial charge in [0, 0.05) is 19.5 Å². The number of rotatable bonds is 8. The Kier molecular flexibility index (Phi) is 6.36. The predicted molar refractivity (Wildman–Crippen MR) is 104 cm³/mol. The summed E-state index contributed by atoms with van der Waals surface area (Å²) in [5.41, 5.74) is 0.0847. The lowest BCUT2D eigenvalue weighted by Crippen LogP contribution is -2.52. The third kappa shape index (κ3) is 4.67. The van der Waals surface area contributed by atoms with Gasteiger partial charge in [0.25, 0.3) is 5.91 Å². The van der Waals surface area contributed by atoms with Crippen molar-refractivity contribution in [1.82, 2.24) is 10.2 Å². The van der Waals surface area contributed by atoms with E-state index in [2.05, 4.69) is 5.32 Å². The van der Waals surface area contributed by atoms with Crippen LogP contribution in [-0.4, -0.2) is 58.0 Å². The maximum Gasteiger partial charge on any atom is 0.405 e. The fraction of sp³-hybridized carbons (Fsp3) is 0.333. The molecule has 0 saturated carbocycles. The molecule has 8 nitrogen and oxygen atoms in total. The standard InChI is InChI=1S/C21H24N2O6/c24-13-17(25)12-23-11-10-21(19(23)26,22-20(27)28)16-6-8-18(9-7-16)29-14-15-4-2-1-3-5-15/h1-9,17,22,24-25H,10-14H2,(H,27,28). The van der Waals surface area contributed by atoms with E-state index in [1.807, 2.05) is 30.3 Å². The Balaban J connectivity index is 1.77. The minimum Gasteiger partial charge on any atom is -0.489 e. The maximum absolute atomic E-state index is 13.0. The Hall–Kier alpha value is -3.10. The van der Waals surface area contributed by atoms with Gasteiger partial charge in [0.15, 0.2) is 0 Å². The molecule has 0 spiro atoms. The molecule has 1 fully saturated rings. The summed E-state index contributed by atoms with van der Waals surface area (Å²) in [6, 6.07) is 16.4. The van der Waals surface area contributed by atoms with Crippen molar-refractivity contribution in [3.05, 3.63) is 65.7 Å². The lowest BCUT2D eigenvalue weighted by Gasteiger charge is -2.29. The number of amides is 2. The molecule has 4 N–H and O–H groups in total. The van der Waals surface area contributed by atoms with E-state index in [0.29, 0.717) is 17.9 Å². The second kappa shape index (κ2) is 8.93. The summed E-state index contributed by atoms with van der Waals surface area (Å²) in [4.78, 5) is 25.7. The number of carbonyl (C=O) groups is 2. The molecule has 2 amide bonds. The van der Waals surface area contributed by atoms with Crippen LogP contribution < -0.4 is 10.1 Å². The molecule has 0 aliphatic carbocycles. The molecule has 2 aromatic carbocycles. The first kappa shape index (κ1) is 20.6. The number of carboxylic acid groups (broad SMARTS) is 1. The van der Waals surface area contributed by atoms with Crippen LogP contribution in [-0.2, 0) is 16.9 Å². The van der Waals surface area contributed by atoms with Gasteiger partial charge in [-0.05, 0) is 23.3 Å². The first-order valence-electron chi connectivity index (χ1n) is 9.31. The summed E-state index contributed by atoms with van der Waals surface area (Å²) in [6.45, 7) is 0.125. The molecule has 1 heterocycles. The largest absolute Gasteiger partial charge is 0.489 e. The van der Waals surface area contributed by atoms with Gasteiger partial charge in [-0.3, -0.25) is 4.79 Å². The monoisotopic (exact) mass is 400 g/mol. The molecule has 154 valence electrons. The number of nitrogens with zero attached hydrogens (tertiary/aromatic N) is 1. The number of aliphatic hydroxyl groups excluding tert-OH is 2. The van der Waals surface area contributed by atoms with E-state index in [1.165, 1.54) is 4.90 Å². The third-order valence-electron chi connectivity index (χ3n) is 4.97. The molecule has 1 aliphatic heterocycles. The van der Waals surface area contributed by atoms with Crippen molar-refractivity contribution >= 4 is 12.0 Å². The number of carbonyl (C=O) groups excluding carboxylic acids is 1. The number of likely N-dealkylation sites (tertiary alicyclic amines) is 1. The number of hydrogen-bond donors (Lipinski definition) is 4. The van der Waals surface area contributed by atoms with Crippen LogP contribution in [0.15, 0.2) is 54.6 Å². The molecule has 0 radical (unpaired) electrons. The molecule has 0 bridgehead atoms. The van der Waals surface area contributed by atoms with Gasteiger partial charge < -0.3 is 30.3 Å². The minimum atomic E-state index is -1.43. The van der Waals surface area contributed by atoms with E-state index in [1.54, 1.807) is 24.3 Å². The van der Waals surface area contributed by atoms with Crippen molar-refractivity contribution in [3.63, 3.8) is 0 Å². The van der Waals surface area contributed by atoms with Gasteiger partial charge in [0.05, 0.1) is 12.7 Å². The van der Waals surface area contributed by atoms with Crippen LogP contribution in [0.5, 0.6) is 5.75 Å². The number of ether oxygens (including phenoxy) is 1.